The van der Waals surface area contributed by atoms with Crippen LogP contribution in [0.3, 0.4) is 0 Å². The summed E-state index contributed by atoms with van der Waals surface area (Å²) in [6, 6.07) is 4.36. The first kappa shape index (κ1) is 10.3. The summed E-state index contributed by atoms with van der Waals surface area (Å²) in [6.45, 7) is 1.78. The Hall–Kier alpha value is -2.24. The Bertz CT molecular complexity index is 551. The molecule has 2 rings (SSSR count). The van der Waals surface area contributed by atoms with E-state index in [2.05, 4.69) is 14.7 Å². The lowest BCUT2D eigenvalue weighted by Crippen LogP contribution is -1.98. The van der Waals surface area contributed by atoms with Crippen molar-refractivity contribution in [2.45, 2.75) is 6.92 Å². The molecule has 0 aliphatic carbocycles. The fraction of sp³-hybridized carbons (Fsp3) is 0.100. The largest absolute Gasteiger partial charge is 0.475 e. The molecular formula is C10H7FN2O3. The summed E-state index contributed by atoms with van der Waals surface area (Å²) >= 11 is 0. The molecule has 0 aliphatic rings. The Labute approximate surface area is 89.5 Å². The molecule has 0 aliphatic heterocycles. The van der Waals surface area contributed by atoms with Gasteiger partial charge in [-0.2, -0.15) is 4.98 Å². The van der Waals surface area contributed by atoms with Crippen molar-refractivity contribution in [3.63, 3.8) is 0 Å². The lowest BCUT2D eigenvalue weighted by Gasteiger charge is -1.98. The van der Waals surface area contributed by atoms with Gasteiger partial charge in [-0.05, 0) is 24.2 Å². The van der Waals surface area contributed by atoms with Crippen LogP contribution in [0.1, 0.15) is 16.2 Å². The number of carboxylic acid groups (broad SMARTS) is 1. The highest BCUT2D eigenvalue weighted by atomic mass is 19.1. The predicted molar refractivity (Wildman–Crippen MR) is 51.4 cm³/mol. The average Bonchev–Trinajstić information content (AvgIpc) is 2.70. The summed E-state index contributed by atoms with van der Waals surface area (Å²) in [6.07, 6.45) is 0. The van der Waals surface area contributed by atoms with E-state index in [0.717, 1.165) is 5.56 Å². The maximum atomic E-state index is 13.4. The highest BCUT2D eigenvalue weighted by Gasteiger charge is 2.16. The number of hydrogen-bond acceptors (Lipinski definition) is 4. The third-order valence-electron chi connectivity index (χ3n) is 1.97. The maximum absolute atomic E-state index is 13.4. The number of nitrogens with zero attached hydrogens (tertiary/aromatic N) is 2. The van der Waals surface area contributed by atoms with Gasteiger partial charge in [0.25, 0.3) is 11.7 Å². The van der Waals surface area contributed by atoms with E-state index in [9.17, 15) is 9.18 Å². The predicted octanol–water partition coefficient (Wildman–Crippen LogP) is 1.88. The van der Waals surface area contributed by atoms with Crippen LogP contribution in [0.15, 0.2) is 22.7 Å². The topological polar surface area (TPSA) is 76.2 Å². The average molecular weight is 222 g/mol. The van der Waals surface area contributed by atoms with Crippen LogP contribution in [0, 0.1) is 12.7 Å². The molecule has 0 atom stereocenters. The SMILES string of the molecule is Cc1ccc(F)c(-c2nc(C(=O)O)no2)c1. The molecule has 1 aromatic heterocycles. The zero-order valence-corrected chi connectivity index (χ0v) is 8.27. The Balaban J connectivity index is 2.50. The Morgan fingerprint density at radius 2 is 2.25 bits per heavy atom. The van der Waals surface area contributed by atoms with Crippen molar-refractivity contribution < 1.29 is 18.8 Å². The van der Waals surface area contributed by atoms with Crippen molar-refractivity contribution in [2.24, 2.45) is 0 Å². The van der Waals surface area contributed by atoms with E-state index in [0.29, 0.717) is 0 Å². The summed E-state index contributed by atoms with van der Waals surface area (Å²) in [5.41, 5.74) is 0.909. The summed E-state index contributed by atoms with van der Waals surface area (Å²) < 4.78 is 18.1. The third kappa shape index (κ3) is 1.77. The van der Waals surface area contributed by atoms with Crippen LogP contribution in [-0.4, -0.2) is 21.2 Å². The summed E-state index contributed by atoms with van der Waals surface area (Å²) in [4.78, 5) is 14.1. The molecule has 82 valence electrons. The zero-order chi connectivity index (χ0) is 11.7. The molecule has 1 N–H and O–H groups in total. The Morgan fingerprint density at radius 1 is 1.50 bits per heavy atom. The van der Waals surface area contributed by atoms with Crippen LogP contribution in [0.5, 0.6) is 0 Å². The standard InChI is InChI=1S/C10H7FN2O3/c1-5-2-3-7(11)6(4-5)9-12-8(10(14)15)13-16-9/h2-4H,1H3,(H,14,15). The van der Waals surface area contributed by atoms with E-state index in [1.807, 2.05) is 0 Å². The first-order valence-corrected chi connectivity index (χ1v) is 4.41. The van der Waals surface area contributed by atoms with Gasteiger partial charge >= 0.3 is 5.97 Å². The van der Waals surface area contributed by atoms with Gasteiger partial charge in [0.15, 0.2) is 0 Å². The number of halogens is 1. The monoisotopic (exact) mass is 222 g/mol. The van der Waals surface area contributed by atoms with Gasteiger partial charge in [0.2, 0.25) is 0 Å². The third-order valence-corrected chi connectivity index (χ3v) is 1.97. The number of aryl methyl sites for hydroxylation is 1. The van der Waals surface area contributed by atoms with Gasteiger partial charge in [0.05, 0.1) is 5.56 Å². The van der Waals surface area contributed by atoms with Crippen LogP contribution in [-0.2, 0) is 0 Å². The number of carboxylic acids is 1. The first-order chi connectivity index (χ1) is 7.58. The molecule has 0 radical (unpaired) electrons. The fourth-order valence-corrected chi connectivity index (χ4v) is 1.22. The molecule has 0 saturated heterocycles. The highest BCUT2D eigenvalue weighted by molar-refractivity contribution is 5.83. The second-order valence-electron chi connectivity index (χ2n) is 3.21. The van der Waals surface area contributed by atoms with Gasteiger partial charge in [0.1, 0.15) is 5.82 Å². The maximum Gasteiger partial charge on any atom is 0.377 e. The lowest BCUT2D eigenvalue weighted by atomic mass is 10.1. The van der Waals surface area contributed by atoms with Crippen LogP contribution in [0.25, 0.3) is 11.5 Å². The van der Waals surface area contributed by atoms with E-state index in [-0.39, 0.29) is 11.5 Å². The van der Waals surface area contributed by atoms with Gasteiger partial charge in [0, 0.05) is 0 Å². The molecular weight excluding hydrogens is 215 g/mol. The molecule has 1 aromatic carbocycles. The number of hydrogen-bond donors (Lipinski definition) is 1. The van der Waals surface area contributed by atoms with E-state index in [1.54, 1.807) is 13.0 Å². The molecule has 2 aromatic rings. The molecule has 0 unspecified atom stereocenters. The molecule has 0 fully saturated rings. The number of aromatic nitrogens is 2. The molecule has 0 bridgehead atoms. The van der Waals surface area contributed by atoms with Crippen molar-refractivity contribution in [1.29, 1.82) is 0 Å². The van der Waals surface area contributed by atoms with Crippen molar-refractivity contribution in [3.05, 3.63) is 35.4 Å². The van der Waals surface area contributed by atoms with Gasteiger partial charge in [-0.25, -0.2) is 9.18 Å². The minimum absolute atomic E-state index is 0.0972. The van der Waals surface area contributed by atoms with Crippen LogP contribution < -0.4 is 0 Å². The van der Waals surface area contributed by atoms with E-state index in [1.165, 1.54) is 12.1 Å². The van der Waals surface area contributed by atoms with Crippen LogP contribution >= 0.6 is 0 Å². The minimum Gasteiger partial charge on any atom is -0.475 e. The van der Waals surface area contributed by atoms with Crippen molar-refractivity contribution in [2.75, 3.05) is 0 Å². The van der Waals surface area contributed by atoms with Crippen molar-refractivity contribution >= 4 is 5.97 Å². The quantitative estimate of drug-likeness (QED) is 0.839. The summed E-state index contributed by atoms with van der Waals surface area (Å²) in [5.74, 6) is -2.48. The Morgan fingerprint density at radius 3 is 2.88 bits per heavy atom. The molecule has 16 heavy (non-hydrogen) atoms. The molecule has 0 spiro atoms. The molecule has 5 nitrogen and oxygen atoms in total. The Kier molecular flexibility index (Phi) is 2.40. The van der Waals surface area contributed by atoms with E-state index >= 15 is 0 Å². The van der Waals surface area contributed by atoms with Gasteiger partial charge in [-0.15, -0.1) is 0 Å². The smallest absolute Gasteiger partial charge is 0.377 e. The first-order valence-electron chi connectivity index (χ1n) is 4.41. The second kappa shape index (κ2) is 3.73. The van der Waals surface area contributed by atoms with Crippen molar-refractivity contribution in [1.82, 2.24) is 10.1 Å². The highest BCUT2D eigenvalue weighted by Crippen LogP contribution is 2.22. The van der Waals surface area contributed by atoms with E-state index < -0.39 is 17.6 Å². The van der Waals surface area contributed by atoms with Crippen LogP contribution in [0.2, 0.25) is 0 Å². The number of rotatable bonds is 2. The summed E-state index contributed by atoms with van der Waals surface area (Å²) in [5, 5.41) is 11.8. The lowest BCUT2D eigenvalue weighted by molar-refractivity contribution is 0.0680. The second-order valence-corrected chi connectivity index (χ2v) is 3.21. The molecule has 1 heterocycles. The fourth-order valence-electron chi connectivity index (χ4n) is 1.22. The van der Waals surface area contributed by atoms with Crippen molar-refractivity contribution in [3.8, 4) is 11.5 Å². The number of benzene rings is 1. The van der Waals surface area contributed by atoms with Gasteiger partial charge in [-0.1, -0.05) is 11.6 Å². The van der Waals surface area contributed by atoms with E-state index in [4.69, 9.17) is 5.11 Å². The van der Waals surface area contributed by atoms with Gasteiger partial charge in [-0.3, -0.25) is 0 Å². The number of aromatic carboxylic acids is 1. The normalized spacial score (nSPS) is 10.4. The molecule has 6 heteroatoms. The minimum atomic E-state index is -1.32. The van der Waals surface area contributed by atoms with Gasteiger partial charge < -0.3 is 9.63 Å². The zero-order valence-electron chi connectivity index (χ0n) is 8.27. The molecule has 0 amide bonds. The molecule has 0 saturated carbocycles. The van der Waals surface area contributed by atoms with Crippen LogP contribution in [0.4, 0.5) is 4.39 Å². The number of carbonyl (C=O) groups is 1. The summed E-state index contributed by atoms with van der Waals surface area (Å²) in [7, 11) is 0.